The van der Waals surface area contributed by atoms with Crippen LogP contribution in [0.5, 0.6) is 0 Å². The first-order valence-electron chi connectivity index (χ1n) is 6.17. The van der Waals surface area contributed by atoms with Crippen LogP contribution in [0.15, 0.2) is 33.9 Å². The van der Waals surface area contributed by atoms with Crippen molar-refractivity contribution in [2.75, 3.05) is 16.6 Å². The van der Waals surface area contributed by atoms with Gasteiger partial charge in [0, 0.05) is 12.7 Å². The smallest absolute Gasteiger partial charge is 0.309 e. The number of hydrogen-bond donors (Lipinski definition) is 2. The Balaban J connectivity index is 2.29. The number of aryl methyl sites for hydroxylation is 1. The third kappa shape index (κ3) is 3.27. The molecule has 108 valence electrons. The Morgan fingerprint density at radius 2 is 2.20 bits per heavy atom. The van der Waals surface area contributed by atoms with Crippen LogP contribution >= 0.6 is 0 Å². The summed E-state index contributed by atoms with van der Waals surface area (Å²) in [7, 11) is -3.79. The average molecular weight is 296 g/mol. The lowest BCUT2D eigenvalue weighted by atomic mass is 10.4. The van der Waals surface area contributed by atoms with Gasteiger partial charge in [-0.2, -0.15) is 4.98 Å². The highest BCUT2D eigenvalue weighted by Gasteiger charge is 2.21. The molecule has 7 nitrogen and oxygen atoms in total. The second-order valence-electron chi connectivity index (χ2n) is 4.18. The van der Waals surface area contributed by atoms with Crippen LogP contribution in [0, 0.1) is 6.92 Å². The molecule has 2 rings (SSSR count). The lowest BCUT2D eigenvalue weighted by Gasteiger charge is -2.10. The Morgan fingerprint density at radius 1 is 1.40 bits per heavy atom. The zero-order valence-corrected chi connectivity index (χ0v) is 12.1. The summed E-state index contributed by atoms with van der Waals surface area (Å²) >= 11 is 0. The van der Waals surface area contributed by atoms with Crippen molar-refractivity contribution in [1.82, 2.24) is 9.97 Å². The summed E-state index contributed by atoms with van der Waals surface area (Å²) in [4.78, 5) is 8.02. The SMILES string of the molecule is CCCNc1ncccc1S(=O)(=O)Nc1nc(C)co1. The topological polar surface area (TPSA) is 97.1 Å². The van der Waals surface area contributed by atoms with E-state index in [4.69, 9.17) is 4.42 Å². The molecule has 0 radical (unpaired) electrons. The van der Waals surface area contributed by atoms with Gasteiger partial charge in [0.1, 0.15) is 17.0 Å². The van der Waals surface area contributed by atoms with Crippen LogP contribution in [0.25, 0.3) is 0 Å². The van der Waals surface area contributed by atoms with Crippen molar-refractivity contribution in [1.29, 1.82) is 0 Å². The normalized spacial score (nSPS) is 11.3. The zero-order valence-electron chi connectivity index (χ0n) is 11.3. The Labute approximate surface area is 117 Å². The largest absolute Gasteiger partial charge is 0.431 e. The van der Waals surface area contributed by atoms with E-state index in [1.54, 1.807) is 13.0 Å². The second-order valence-corrected chi connectivity index (χ2v) is 5.83. The van der Waals surface area contributed by atoms with Crippen LogP contribution in [-0.2, 0) is 10.0 Å². The molecule has 2 N–H and O–H groups in total. The van der Waals surface area contributed by atoms with Crippen molar-refractivity contribution >= 4 is 21.9 Å². The number of oxazole rings is 1. The first-order valence-corrected chi connectivity index (χ1v) is 7.65. The van der Waals surface area contributed by atoms with Gasteiger partial charge in [-0.3, -0.25) is 0 Å². The summed E-state index contributed by atoms with van der Waals surface area (Å²) in [5.41, 5.74) is 0.596. The predicted octanol–water partition coefficient (Wildman–Crippen LogP) is 2.00. The molecule has 8 heteroatoms. The molecule has 0 fully saturated rings. The molecule has 0 unspecified atom stereocenters. The molecule has 0 spiro atoms. The van der Waals surface area contributed by atoms with Crippen LogP contribution in [0.1, 0.15) is 19.0 Å². The molecule has 0 aliphatic carbocycles. The lowest BCUT2D eigenvalue weighted by molar-refractivity contribution is 0.569. The van der Waals surface area contributed by atoms with Crippen LogP contribution in [0.2, 0.25) is 0 Å². The third-order valence-corrected chi connectivity index (χ3v) is 3.80. The van der Waals surface area contributed by atoms with E-state index in [9.17, 15) is 8.42 Å². The van der Waals surface area contributed by atoms with E-state index >= 15 is 0 Å². The fraction of sp³-hybridized carbons (Fsp3) is 0.333. The zero-order chi connectivity index (χ0) is 14.6. The van der Waals surface area contributed by atoms with Crippen molar-refractivity contribution < 1.29 is 12.8 Å². The maximum Gasteiger partial charge on any atom is 0.309 e. The fourth-order valence-corrected chi connectivity index (χ4v) is 2.63. The van der Waals surface area contributed by atoms with Gasteiger partial charge in [-0.05, 0) is 25.5 Å². The molecule has 2 aromatic rings. The van der Waals surface area contributed by atoms with Gasteiger partial charge in [0.25, 0.3) is 10.0 Å². The number of rotatable bonds is 6. The van der Waals surface area contributed by atoms with Gasteiger partial charge in [-0.25, -0.2) is 18.1 Å². The molecule has 0 atom stereocenters. The number of nitrogens with one attached hydrogen (secondary N) is 2. The van der Waals surface area contributed by atoms with Gasteiger partial charge in [0.05, 0.1) is 5.69 Å². The number of anilines is 2. The maximum absolute atomic E-state index is 12.3. The van der Waals surface area contributed by atoms with Gasteiger partial charge < -0.3 is 9.73 Å². The lowest BCUT2D eigenvalue weighted by Crippen LogP contribution is -2.16. The van der Waals surface area contributed by atoms with Gasteiger partial charge in [0.2, 0.25) is 0 Å². The number of sulfonamides is 1. The van der Waals surface area contributed by atoms with Gasteiger partial charge in [-0.1, -0.05) is 6.92 Å². The van der Waals surface area contributed by atoms with Crippen LogP contribution in [0.4, 0.5) is 11.8 Å². The van der Waals surface area contributed by atoms with E-state index in [1.165, 1.54) is 18.5 Å². The maximum atomic E-state index is 12.3. The summed E-state index contributed by atoms with van der Waals surface area (Å²) in [5, 5.41) is 2.98. The van der Waals surface area contributed by atoms with Gasteiger partial charge in [-0.15, -0.1) is 0 Å². The van der Waals surface area contributed by atoms with Gasteiger partial charge >= 0.3 is 6.01 Å². The third-order valence-electron chi connectivity index (χ3n) is 2.44. The summed E-state index contributed by atoms with van der Waals surface area (Å²) < 4.78 is 31.9. The van der Waals surface area contributed by atoms with Crippen LogP contribution in [-0.4, -0.2) is 24.9 Å². The molecule has 20 heavy (non-hydrogen) atoms. The first-order chi connectivity index (χ1) is 9.53. The standard InChI is InChI=1S/C12H16N4O3S/c1-3-6-13-11-10(5-4-7-14-11)20(17,18)16-12-15-9(2)8-19-12/h4-5,7-8H,3,6H2,1-2H3,(H,13,14)(H,15,16). The quantitative estimate of drug-likeness (QED) is 0.846. The minimum atomic E-state index is -3.79. The fourth-order valence-electron chi connectivity index (χ4n) is 1.55. The summed E-state index contributed by atoms with van der Waals surface area (Å²) in [6.45, 7) is 4.33. The predicted molar refractivity (Wildman–Crippen MR) is 75.1 cm³/mol. The summed E-state index contributed by atoms with van der Waals surface area (Å²) in [6.07, 6.45) is 3.77. The molecule has 0 saturated heterocycles. The molecular formula is C12H16N4O3S. The van der Waals surface area contributed by atoms with E-state index in [2.05, 4.69) is 20.0 Å². The second kappa shape index (κ2) is 5.91. The average Bonchev–Trinajstić information content (AvgIpc) is 2.81. The molecule has 0 saturated carbocycles. The highest BCUT2D eigenvalue weighted by atomic mass is 32.2. The number of hydrogen-bond acceptors (Lipinski definition) is 6. The Bertz CT molecular complexity index is 682. The van der Waals surface area contributed by atoms with E-state index in [1.807, 2.05) is 6.92 Å². The van der Waals surface area contributed by atoms with E-state index in [0.717, 1.165) is 6.42 Å². The Hall–Kier alpha value is -2.09. The molecule has 2 aromatic heterocycles. The van der Waals surface area contributed by atoms with E-state index in [-0.39, 0.29) is 10.9 Å². The highest BCUT2D eigenvalue weighted by molar-refractivity contribution is 7.92. The van der Waals surface area contributed by atoms with Crippen molar-refractivity contribution in [3.8, 4) is 0 Å². The number of pyridine rings is 1. The molecule has 0 amide bonds. The van der Waals surface area contributed by atoms with E-state index in [0.29, 0.717) is 18.1 Å². The van der Waals surface area contributed by atoms with E-state index < -0.39 is 10.0 Å². The highest BCUT2D eigenvalue weighted by Crippen LogP contribution is 2.21. The molecule has 0 bridgehead atoms. The molecule has 0 aromatic carbocycles. The minimum Gasteiger partial charge on any atom is -0.431 e. The van der Waals surface area contributed by atoms with Crippen molar-refractivity contribution in [2.24, 2.45) is 0 Å². The van der Waals surface area contributed by atoms with Crippen LogP contribution < -0.4 is 10.0 Å². The Morgan fingerprint density at radius 3 is 2.85 bits per heavy atom. The minimum absolute atomic E-state index is 0.0595. The van der Waals surface area contributed by atoms with Gasteiger partial charge in [0.15, 0.2) is 0 Å². The summed E-state index contributed by atoms with van der Waals surface area (Å²) in [5.74, 6) is 0.310. The number of nitrogens with zero attached hydrogens (tertiary/aromatic N) is 2. The number of aromatic nitrogens is 2. The summed E-state index contributed by atoms with van der Waals surface area (Å²) in [6, 6.07) is 2.98. The molecule has 0 aliphatic rings. The van der Waals surface area contributed by atoms with Crippen molar-refractivity contribution in [3.05, 3.63) is 30.3 Å². The monoisotopic (exact) mass is 296 g/mol. The first kappa shape index (κ1) is 14.3. The Kier molecular flexibility index (Phi) is 4.23. The van der Waals surface area contributed by atoms with Crippen molar-refractivity contribution in [2.45, 2.75) is 25.2 Å². The molecule has 0 aliphatic heterocycles. The van der Waals surface area contributed by atoms with Crippen LogP contribution in [0.3, 0.4) is 0 Å². The molecule has 2 heterocycles. The molecular weight excluding hydrogens is 280 g/mol. The van der Waals surface area contributed by atoms with Crippen molar-refractivity contribution in [3.63, 3.8) is 0 Å².